The number of nitrogens with one attached hydrogen (secondary N) is 1. The summed E-state index contributed by atoms with van der Waals surface area (Å²) in [4.78, 5) is 11.2. The maximum Gasteiger partial charge on any atom is 0.176 e. The van der Waals surface area contributed by atoms with Gasteiger partial charge < -0.3 is 9.90 Å². The highest BCUT2D eigenvalue weighted by Crippen LogP contribution is 2.29. The zero-order valence-corrected chi connectivity index (χ0v) is 9.80. The van der Waals surface area contributed by atoms with E-state index in [4.69, 9.17) is 12.2 Å². The average Bonchev–Trinajstić information content (AvgIpc) is 2.72. The minimum absolute atomic E-state index is 0.0840. The van der Waals surface area contributed by atoms with Gasteiger partial charge in [-0.05, 0) is 23.7 Å². The largest absolute Gasteiger partial charge is 0.550 e. The van der Waals surface area contributed by atoms with E-state index < -0.39 is 5.97 Å². The third kappa shape index (κ3) is 2.31. The summed E-state index contributed by atoms with van der Waals surface area (Å²) in [5, 5.41) is 19.7. The van der Waals surface area contributed by atoms with E-state index in [2.05, 4.69) is 10.2 Å². The molecule has 78 valence electrons. The van der Waals surface area contributed by atoms with E-state index in [1.54, 1.807) is 0 Å². The summed E-state index contributed by atoms with van der Waals surface area (Å²) in [5.41, 5.74) is 0.821. The van der Waals surface area contributed by atoms with Gasteiger partial charge in [-0.2, -0.15) is 5.10 Å². The standard InChI is InChI=1S/C8H6N2O2S3/c11-6(12)3-5-4(1-2-14-5)7-9-10-8(13)15-7/h1-2H,3H2,(H,10,13)(H,11,12)/p-1. The molecule has 0 saturated carbocycles. The van der Waals surface area contributed by atoms with Crippen molar-refractivity contribution in [3.63, 3.8) is 0 Å². The zero-order chi connectivity index (χ0) is 10.8. The number of rotatable bonds is 3. The number of hydrogen-bond donors (Lipinski definition) is 1. The molecule has 0 bridgehead atoms. The molecule has 2 aromatic heterocycles. The van der Waals surface area contributed by atoms with E-state index in [1.165, 1.54) is 22.7 Å². The van der Waals surface area contributed by atoms with E-state index >= 15 is 0 Å². The summed E-state index contributed by atoms with van der Waals surface area (Å²) in [7, 11) is 0. The number of H-pyrrole nitrogens is 1. The number of carbonyl (C=O) groups excluding carboxylic acids is 1. The molecule has 0 saturated heterocycles. The van der Waals surface area contributed by atoms with Crippen molar-refractivity contribution in [3.8, 4) is 10.6 Å². The first-order valence-corrected chi connectivity index (χ1v) is 6.09. The SMILES string of the molecule is O=C([O-])Cc1sccc1-c1n[nH]c(=S)s1. The van der Waals surface area contributed by atoms with Crippen LogP contribution in [0, 0.1) is 3.95 Å². The van der Waals surface area contributed by atoms with Gasteiger partial charge in [0.2, 0.25) is 0 Å². The first kappa shape index (κ1) is 10.5. The fourth-order valence-electron chi connectivity index (χ4n) is 1.14. The van der Waals surface area contributed by atoms with Crippen LogP contribution in [0.1, 0.15) is 4.88 Å². The number of carbonyl (C=O) groups is 1. The van der Waals surface area contributed by atoms with Crippen LogP contribution >= 0.6 is 34.9 Å². The first-order chi connectivity index (χ1) is 7.16. The Morgan fingerprint density at radius 3 is 3.07 bits per heavy atom. The molecule has 0 unspecified atom stereocenters. The second-order valence-corrected chi connectivity index (χ2v) is 5.39. The maximum absolute atomic E-state index is 10.5. The van der Waals surface area contributed by atoms with Gasteiger partial charge in [-0.1, -0.05) is 11.3 Å². The van der Waals surface area contributed by atoms with Crippen LogP contribution in [0.4, 0.5) is 0 Å². The molecule has 2 heterocycles. The van der Waals surface area contributed by atoms with Crippen LogP contribution in [0.5, 0.6) is 0 Å². The van der Waals surface area contributed by atoms with Crippen molar-refractivity contribution >= 4 is 40.9 Å². The Labute approximate surface area is 98.2 Å². The molecular formula is C8H5N2O2S3-. The Bertz CT molecular complexity index is 540. The molecule has 15 heavy (non-hydrogen) atoms. The Morgan fingerprint density at radius 1 is 1.67 bits per heavy atom. The second-order valence-electron chi connectivity index (χ2n) is 2.72. The van der Waals surface area contributed by atoms with Gasteiger partial charge in [-0.25, -0.2) is 0 Å². The highest BCUT2D eigenvalue weighted by Gasteiger charge is 2.09. The number of thiophene rings is 1. The van der Waals surface area contributed by atoms with Crippen LogP contribution in [-0.4, -0.2) is 16.2 Å². The lowest BCUT2D eigenvalue weighted by Gasteiger charge is -2.00. The van der Waals surface area contributed by atoms with Gasteiger partial charge >= 0.3 is 0 Å². The monoisotopic (exact) mass is 257 g/mol. The Hall–Kier alpha value is -1.05. The molecule has 0 aliphatic carbocycles. The van der Waals surface area contributed by atoms with E-state index in [0.717, 1.165) is 15.4 Å². The molecule has 2 aromatic rings. The Kier molecular flexibility index (Phi) is 2.94. The highest BCUT2D eigenvalue weighted by atomic mass is 32.1. The molecular weight excluding hydrogens is 252 g/mol. The van der Waals surface area contributed by atoms with Crippen molar-refractivity contribution in [2.75, 3.05) is 0 Å². The summed E-state index contributed by atoms with van der Waals surface area (Å²) >= 11 is 7.62. The number of aromatic nitrogens is 2. The minimum Gasteiger partial charge on any atom is -0.550 e. The fraction of sp³-hybridized carbons (Fsp3) is 0.125. The average molecular weight is 257 g/mol. The number of aromatic amines is 1. The molecule has 2 rings (SSSR count). The van der Waals surface area contributed by atoms with Gasteiger partial charge in [0.15, 0.2) is 3.95 Å². The molecule has 0 aliphatic rings. The maximum atomic E-state index is 10.5. The van der Waals surface area contributed by atoms with Crippen molar-refractivity contribution < 1.29 is 9.90 Å². The molecule has 1 N–H and O–H groups in total. The van der Waals surface area contributed by atoms with Crippen molar-refractivity contribution in [3.05, 3.63) is 20.3 Å². The van der Waals surface area contributed by atoms with Crippen LogP contribution in [0.3, 0.4) is 0 Å². The summed E-state index contributed by atoms with van der Waals surface area (Å²) < 4.78 is 0.579. The molecule has 0 aromatic carbocycles. The van der Waals surface area contributed by atoms with E-state index in [0.29, 0.717) is 3.95 Å². The lowest BCUT2D eigenvalue weighted by Crippen LogP contribution is -2.24. The third-order valence-corrected chi connectivity index (χ3v) is 3.76. The molecule has 0 amide bonds. The molecule has 0 spiro atoms. The lowest BCUT2D eigenvalue weighted by atomic mass is 10.2. The molecule has 7 heteroatoms. The fourth-order valence-corrected chi connectivity index (χ4v) is 3.01. The molecule has 0 radical (unpaired) electrons. The predicted octanol–water partition coefficient (Wildman–Crippen LogP) is 1.22. The molecule has 0 aliphatic heterocycles. The number of hydrogen-bond acceptors (Lipinski definition) is 6. The van der Waals surface area contributed by atoms with Crippen LogP contribution in [0.2, 0.25) is 0 Å². The van der Waals surface area contributed by atoms with Gasteiger partial charge in [-0.3, -0.25) is 5.10 Å². The van der Waals surface area contributed by atoms with E-state index in [-0.39, 0.29) is 6.42 Å². The highest BCUT2D eigenvalue weighted by molar-refractivity contribution is 7.73. The van der Waals surface area contributed by atoms with Gasteiger partial charge in [0, 0.05) is 22.8 Å². The second kappa shape index (κ2) is 4.21. The van der Waals surface area contributed by atoms with E-state index in [1.807, 2.05) is 11.4 Å². The Balaban J connectivity index is 2.40. The Morgan fingerprint density at radius 2 is 2.47 bits per heavy atom. The number of aliphatic carboxylic acids is 1. The van der Waals surface area contributed by atoms with Crippen LogP contribution < -0.4 is 5.11 Å². The summed E-state index contributed by atoms with van der Waals surface area (Å²) in [6.45, 7) is 0. The zero-order valence-electron chi connectivity index (χ0n) is 7.35. The van der Waals surface area contributed by atoms with Crippen molar-refractivity contribution in [1.82, 2.24) is 10.2 Å². The van der Waals surface area contributed by atoms with Crippen molar-refractivity contribution in [2.45, 2.75) is 6.42 Å². The summed E-state index contributed by atoms with van der Waals surface area (Å²) in [6.07, 6.45) is -0.0840. The van der Waals surface area contributed by atoms with Crippen molar-refractivity contribution in [2.24, 2.45) is 0 Å². The van der Waals surface area contributed by atoms with Crippen LogP contribution in [-0.2, 0) is 11.2 Å². The number of carboxylic acids is 1. The molecule has 0 atom stereocenters. The van der Waals surface area contributed by atoms with E-state index in [9.17, 15) is 9.90 Å². The third-order valence-electron chi connectivity index (χ3n) is 1.72. The quantitative estimate of drug-likeness (QED) is 0.839. The van der Waals surface area contributed by atoms with Gasteiger partial charge in [-0.15, -0.1) is 11.3 Å². The molecule has 0 fully saturated rings. The number of carboxylic acid groups (broad SMARTS) is 1. The first-order valence-electron chi connectivity index (χ1n) is 3.99. The van der Waals surface area contributed by atoms with Gasteiger partial charge in [0.25, 0.3) is 0 Å². The lowest BCUT2D eigenvalue weighted by molar-refractivity contribution is -0.304. The topological polar surface area (TPSA) is 68.8 Å². The van der Waals surface area contributed by atoms with Crippen molar-refractivity contribution in [1.29, 1.82) is 0 Å². The smallest absolute Gasteiger partial charge is 0.176 e. The predicted molar refractivity (Wildman–Crippen MR) is 59.3 cm³/mol. The molecule has 4 nitrogen and oxygen atoms in total. The van der Waals surface area contributed by atoms with Gasteiger partial charge in [0.05, 0.1) is 0 Å². The number of nitrogens with zero attached hydrogens (tertiary/aromatic N) is 1. The summed E-state index contributed by atoms with van der Waals surface area (Å²) in [5.74, 6) is -1.09. The van der Waals surface area contributed by atoms with Crippen LogP contribution in [0.15, 0.2) is 11.4 Å². The normalized spacial score (nSPS) is 10.4. The van der Waals surface area contributed by atoms with Crippen LogP contribution in [0.25, 0.3) is 10.6 Å². The minimum atomic E-state index is -1.09. The summed E-state index contributed by atoms with van der Waals surface area (Å²) in [6, 6.07) is 1.84. The van der Waals surface area contributed by atoms with Gasteiger partial charge in [0.1, 0.15) is 5.01 Å².